The minimum Gasteiger partial charge on any atom is -0.493 e. The highest BCUT2D eigenvalue weighted by molar-refractivity contribution is 6.04. The molecule has 0 aliphatic rings. The van der Waals surface area contributed by atoms with Crippen molar-refractivity contribution in [1.29, 1.82) is 0 Å². The van der Waals surface area contributed by atoms with E-state index in [9.17, 15) is 9.59 Å². The van der Waals surface area contributed by atoms with Crippen molar-refractivity contribution in [3.8, 4) is 11.5 Å². The molecule has 1 amide bonds. The number of benzene rings is 1. The van der Waals surface area contributed by atoms with Gasteiger partial charge < -0.3 is 19.5 Å². The summed E-state index contributed by atoms with van der Waals surface area (Å²) in [5.41, 5.74) is 0.825. The molecule has 1 heterocycles. The second-order valence-electron chi connectivity index (χ2n) is 4.78. The van der Waals surface area contributed by atoms with Crippen LogP contribution in [0.4, 0.5) is 5.69 Å². The highest BCUT2D eigenvalue weighted by Gasteiger charge is 2.19. The summed E-state index contributed by atoms with van der Waals surface area (Å²) < 4.78 is 16.6. The van der Waals surface area contributed by atoms with Gasteiger partial charge in [-0.1, -0.05) is 0 Å². The highest BCUT2D eigenvalue weighted by Crippen LogP contribution is 2.29. The van der Waals surface area contributed by atoms with E-state index in [1.165, 1.54) is 25.0 Å². The SMILES string of the molecule is CCOC(=O)c1cc(C(=O)Nc2ccc(OC)c(OC)c2)nn1C. The van der Waals surface area contributed by atoms with Gasteiger partial charge in [-0.25, -0.2) is 4.79 Å². The quantitative estimate of drug-likeness (QED) is 0.811. The van der Waals surface area contributed by atoms with E-state index >= 15 is 0 Å². The van der Waals surface area contributed by atoms with Crippen LogP contribution in [-0.4, -0.2) is 42.5 Å². The first-order valence-corrected chi connectivity index (χ1v) is 7.24. The van der Waals surface area contributed by atoms with Crippen LogP contribution in [0.1, 0.15) is 27.9 Å². The Hall–Kier alpha value is -3.03. The van der Waals surface area contributed by atoms with Gasteiger partial charge in [-0.05, 0) is 19.1 Å². The Morgan fingerprint density at radius 1 is 1.17 bits per heavy atom. The number of nitrogens with zero attached hydrogens (tertiary/aromatic N) is 2. The molecule has 0 saturated heterocycles. The van der Waals surface area contributed by atoms with E-state index in [2.05, 4.69) is 10.4 Å². The second-order valence-corrected chi connectivity index (χ2v) is 4.78. The minimum atomic E-state index is -0.530. The molecule has 0 bridgehead atoms. The molecule has 0 aliphatic heterocycles. The van der Waals surface area contributed by atoms with E-state index in [1.54, 1.807) is 32.2 Å². The number of aromatic nitrogens is 2. The third-order valence-electron chi connectivity index (χ3n) is 3.24. The first-order chi connectivity index (χ1) is 11.5. The van der Waals surface area contributed by atoms with Gasteiger partial charge in [-0.2, -0.15) is 5.10 Å². The predicted molar refractivity (Wildman–Crippen MR) is 86.7 cm³/mol. The number of ether oxygens (including phenoxy) is 3. The molecule has 0 atom stereocenters. The Kier molecular flexibility index (Phi) is 5.41. The lowest BCUT2D eigenvalue weighted by atomic mass is 10.2. The van der Waals surface area contributed by atoms with Crippen molar-refractivity contribution in [3.05, 3.63) is 35.7 Å². The van der Waals surface area contributed by atoms with Crippen LogP contribution in [0.25, 0.3) is 0 Å². The highest BCUT2D eigenvalue weighted by atomic mass is 16.5. The average molecular weight is 333 g/mol. The monoisotopic (exact) mass is 333 g/mol. The molecule has 24 heavy (non-hydrogen) atoms. The van der Waals surface area contributed by atoms with Crippen LogP contribution in [0, 0.1) is 0 Å². The standard InChI is InChI=1S/C16H19N3O5/c1-5-24-16(21)12-9-11(18-19(12)2)15(20)17-10-6-7-13(22-3)14(8-10)23-4/h6-9H,5H2,1-4H3,(H,17,20). The number of esters is 1. The summed E-state index contributed by atoms with van der Waals surface area (Å²) in [5.74, 6) is 0.0625. The Morgan fingerprint density at radius 3 is 2.50 bits per heavy atom. The van der Waals surface area contributed by atoms with E-state index in [0.29, 0.717) is 17.2 Å². The van der Waals surface area contributed by atoms with Gasteiger partial charge >= 0.3 is 5.97 Å². The van der Waals surface area contributed by atoms with Crippen molar-refractivity contribution < 1.29 is 23.8 Å². The summed E-state index contributed by atoms with van der Waals surface area (Å²) in [6, 6.07) is 6.37. The molecule has 128 valence electrons. The first kappa shape index (κ1) is 17.3. The summed E-state index contributed by atoms with van der Waals surface area (Å²) in [4.78, 5) is 24.1. The molecule has 8 nitrogen and oxygen atoms in total. The Morgan fingerprint density at radius 2 is 1.88 bits per heavy atom. The zero-order valence-corrected chi connectivity index (χ0v) is 14.0. The van der Waals surface area contributed by atoms with E-state index in [-0.39, 0.29) is 18.0 Å². The number of methoxy groups -OCH3 is 2. The topological polar surface area (TPSA) is 91.7 Å². The largest absolute Gasteiger partial charge is 0.493 e. The fourth-order valence-corrected chi connectivity index (χ4v) is 2.08. The van der Waals surface area contributed by atoms with Gasteiger partial charge in [-0.15, -0.1) is 0 Å². The molecule has 0 fully saturated rings. The van der Waals surface area contributed by atoms with E-state index < -0.39 is 11.9 Å². The lowest BCUT2D eigenvalue weighted by Gasteiger charge is -2.09. The lowest BCUT2D eigenvalue weighted by molar-refractivity contribution is 0.0513. The van der Waals surface area contributed by atoms with Crippen molar-refractivity contribution in [3.63, 3.8) is 0 Å². The summed E-state index contributed by atoms with van der Waals surface area (Å²) in [6.07, 6.45) is 0. The van der Waals surface area contributed by atoms with Crippen molar-refractivity contribution >= 4 is 17.6 Å². The molecule has 0 saturated carbocycles. The van der Waals surface area contributed by atoms with E-state index in [4.69, 9.17) is 14.2 Å². The third-order valence-corrected chi connectivity index (χ3v) is 3.24. The molecule has 0 aliphatic carbocycles. The number of nitrogens with one attached hydrogen (secondary N) is 1. The minimum absolute atomic E-state index is 0.107. The zero-order chi connectivity index (χ0) is 17.7. The van der Waals surface area contributed by atoms with E-state index in [0.717, 1.165) is 0 Å². The average Bonchev–Trinajstić information content (AvgIpc) is 2.97. The van der Waals surface area contributed by atoms with Crippen LogP contribution >= 0.6 is 0 Å². The van der Waals surface area contributed by atoms with Crippen LogP contribution in [0.3, 0.4) is 0 Å². The number of rotatable bonds is 6. The number of hydrogen-bond donors (Lipinski definition) is 1. The molecule has 2 aromatic rings. The molecular weight excluding hydrogens is 314 g/mol. The maximum Gasteiger partial charge on any atom is 0.356 e. The number of carbonyl (C=O) groups is 2. The molecular formula is C16H19N3O5. The van der Waals surface area contributed by atoms with Crippen molar-refractivity contribution in [2.45, 2.75) is 6.92 Å². The van der Waals surface area contributed by atoms with Gasteiger partial charge in [0.25, 0.3) is 5.91 Å². The Labute approximate surface area is 139 Å². The molecule has 1 N–H and O–H groups in total. The molecule has 8 heteroatoms. The Balaban J connectivity index is 2.18. The van der Waals surface area contributed by atoms with Crippen LogP contribution in [0.5, 0.6) is 11.5 Å². The molecule has 0 spiro atoms. The summed E-state index contributed by atoms with van der Waals surface area (Å²) in [7, 11) is 4.61. The predicted octanol–water partition coefficient (Wildman–Crippen LogP) is 1.87. The number of aryl methyl sites for hydroxylation is 1. The smallest absolute Gasteiger partial charge is 0.356 e. The first-order valence-electron chi connectivity index (χ1n) is 7.24. The molecule has 1 aromatic carbocycles. The molecule has 0 unspecified atom stereocenters. The summed E-state index contributed by atoms with van der Waals surface area (Å²) in [6.45, 7) is 1.95. The van der Waals surface area contributed by atoms with Gasteiger partial charge in [0.15, 0.2) is 17.2 Å². The van der Waals surface area contributed by atoms with E-state index in [1.807, 2.05) is 0 Å². The molecule has 2 rings (SSSR count). The molecule has 0 radical (unpaired) electrons. The van der Waals surface area contributed by atoms with Gasteiger partial charge in [-0.3, -0.25) is 9.48 Å². The van der Waals surface area contributed by atoms with Crippen LogP contribution in [0.2, 0.25) is 0 Å². The van der Waals surface area contributed by atoms with Crippen molar-refractivity contribution in [2.24, 2.45) is 7.05 Å². The van der Waals surface area contributed by atoms with Crippen molar-refractivity contribution in [1.82, 2.24) is 9.78 Å². The summed E-state index contributed by atoms with van der Waals surface area (Å²) >= 11 is 0. The molecule has 1 aromatic heterocycles. The number of hydrogen-bond acceptors (Lipinski definition) is 6. The fraction of sp³-hybridized carbons (Fsp3) is 0.312. The lowest BCUT2D eigenvalue weighted by Crippen LogP contribution is -2.13. The number of anilines is 1. The van der Waals surface area contributed by atoms with Crippen LogP contribution in [0.15, 0.2) is 24.3 Å². The van der Waals surface area contributed by atoms with Gasteiger partial charge in [0.2, 0.25) is 0 Å². The van der Waals surface area contributed by atoms with Gasteiger partial charge in [0, 0.05) is 24.9 Å². The summed E-state index contributed by atoms with van der Waals surface area (Å²) in [5, 5.41) is 6.73. The van der Waals surface area contributed by atoms with Crippen LogP contribution < -0.4 is 14.8 Å². The second kappa shape index (κ2) is 7.49. The fourth-order valence-electron chi connectivity index (χ4n) is 2.08. The number of amides is 1. The normalized spacial score (nSPS) is 10.2. The third kappa shape index (κ3) is 3.65. The van der Waals surface area contributed by atoms with Crippen molar-refractivity contribution in [2.75, 3.05) is 26.1 Å². The Bertz CT molecular complexity index is 754. The maximum atomic E-state index is 12.3. The van der Waals surface area contributed by atoms with Gasteiger partial charge in [0.05, 0.1) is 20.8 Å². The number of carbonyl (C=O) groups excluding carboxylic acids is 2. The van der Waals surface area contributed by atoms with Gasteiger partial charge in [0.1, 0.15) is 5.69 Å². The zero-order valence-electron chi connectivity index (χ0n) is 14.0. The maximum absolute atomic E-state index is 12.3. The van der Waals surface area contributed by atoms with Crippen LogP contribution in [-0.2, 0) is 11.8 Å².